The summed E-state index contributed by atoms with van der Waals surface area (Å²) in [6.07, 6.45) is 0.525. The first-order valence-corrected chi connectivity index (χ1v) is 7.94. The second kappa shape index (κ2) is 6.54. The lowest BCUT2D eigenvalue weighted by molar-refractivity contribution is 0.115. The molecule has 1 unspecified atom stereocenters. The summed E-state index contributed by atoms with van der Waals surface area (Å²) in [6.45, 7) is 0.776. The van der Waals surface area contributed by atoms with Gasteiger partial charge in [-0.25, -0.2) is 12.8 Å². The van der Waals surface area contributed by atoms with Gasteiger partial charge in [0.1, 0.15) is 5.82 Å². The summed E-state index contributed by atoms with van der Waals surface area (Å²) < 4.78 is 45.2. The van der Waals surface area contributed by atoms with Crippen LogP contribution in [0.25, 0.3) is 0 Å². The van der Waals surface area contributed by atoms with Crippen LogP contribution in [0.4, 0.5) is 4.39 Å². The molecule has 0 saturated carbocycles. The van der Waals surface area contributed by atoms with Gasteiger partial charge >= 0.3 is 0 Å². The smallest absolute Gasteiger partial charge is 0.243 e. The van der Waals surface area contributed by atoms with E-state index in [1.165, 1.54) is 16.4 Å². The Morgan fingerprint density at radius 3 is 2.86 bits per heavy atom. The number of ether oxygens (including phenoxy) is 1. The highest BCUT2D eigenvalue weighted by molar-refractivity contribution is 7.89. The lowest BCUT2D eigenvalue weighted by Gasteiger charge is -2.16. The molecule has 0 bridgehead atoms. The Labute approximate surface area is 123 Å². The topological polar surface area (TPSA) is 72.6 Å². The Hall–Kier alpha value is -1.46. The Bertz CT molecular complexity index is 679. The Morgan fingerprint density at radius 2 is 2.29 bits per heavy atom. The zero-order valence-corrected chi connectivity index (χ0v) is 12.5. The normalized spacial score (nSPS) is 19.3. The summed E-state index contributed by atoms with van der Waals surface area (Å²) in [4.78, 5) is -0.0740. The average molecular weight is 312 g/mol. The lowest BCUT2D eigenvalue weighted by Crippen LogP contribution is -2.30. The van der Waals surface area contributed by atoms with Crippen molar-refractivity contribution in [2.45, 2.75) is 17.4 Å². The summed E-state index contributed by atoms with van der Waals surface area (Å²) in [5.74, 6) is 4.42. The van der Waals surface area contributed by atoms with E-state index in [2.05, 4.69) is 11.8 Å². The molecule has 1 aromatic rings. The van der Waals surface area contributed by atoms with Gasteiger partial charge in [0.25, 0.3) is 0 Å². The van der Waals surface area contributed by atoms with E-state index >= 15 is 0 Å². The summed E-state index contributed by atoms with van der Waals surface area (Å²) in [6, 6.07) is 3.71. The molecular formula is C14H17FN2O3S. The van der Waals surface area contributed by atoms with Crippen LogP contribution in [0.1, 0.15) is 12.0 Å². The third-order valence-electron chi connectivity index (χ3n) is 3.34. The number of nitrogens with zero attached hydrogens (tertiary/aromatic N) is 1. The minimum atomic E-state index is -3.70. The highest BCUT2D eigenvalue weighted by Gasteiger charge is 2.32. The molecule has 0 radical (unpaired) electrons. The first-order chi connectivity index (χ1) is 9.98. The Morgan fingerprint density at radius 1 is 1.52 bits per heavy atom. The maximum atomic E-state index is 13.9. The maximum Gasteiger partial charge on any atom is 0.243 e. The highest BCUT2D eigenvalue weighted by atomic mass is 32.2. The summed E-state index contributed by atoms with van der Waals surface area (Å²) in [5, 5.41) is 0. The molecule has 0 amide bonds. The second-order valence-electron chi connectivity index (χ2n) is 4.66. The van der Waals surface area contributed by atoms with Crippen molar-refractivity contribution in [2.75, 3.05) is 26.7 Å². The van der Waals surface area contributed by atoms with Gasteiger partial charge in [-0.15, -0.1) is 0 Å². The van der Waals surface area contributed by atoms with E-state index in [0.29, 0.717) is 13.0 Å². The van der Waals surface area contributed by atoms with Gasteiger partial charge in [0.15, 0.2) is 0 Å². The van der Waals surface area contributed by atoms with Crippen molar-refractivity contribution in [2.24, 2.45) is 5.73 Å². The average Bonchev–Trinajstić information content (AvgIpc) is 2.95. The molecule has 1 saturated heterocycles. The van der Waals surface area contributed by atoms with Crippen LogP contribution in [0.2, 0.25) is 0 Å². The predicted molar refractivity (Wildman–Crippen MR) is 76.5 cm³/mol. The zero-order valence-electron chi connectivity index (χ0n) is 11.7. The van der Waals surface area contributed by atoms with Crippen molar-refractivity contribution in [3.8, 4) is 11.8 Å². The van der Waals surface area contributed by atoms with Crippen molar-refractivity contribution >= 4 is 10.0 Å². The predicted octanol–water partition coefficient (Wildman–Crippen LogP) is 0.545. The van der Waals surface area contributed by atoms with Gasteiger partial charge in [-0.05, 0) is 24.6 Å². The van der Waals surface area contributed by atoms with Crippen molar-refractivity contribution in [1.82, 2.24) is 4.31 Å². The molecule has 1 fully saturated rings. The molecule has 1 aliphatic heterocycles. The molecule has 21 heavy (non-hydrogen) atoms. The number of rotatable bonds is 3. The van der Waals surface area contributed by atoms with Crippen molar-refractivity contribution in [1.29, 1.82) is 0 Å². The molecule has 0 spiro atoms. The highest BCUT2D eigenvalue weighted by Crippen LogP contribution is 2.23. The lowest BCUT2D eigenvalue weighted by atomic mass is 10.2. The van der Waals surface area contributed by atoms with E-state index in [1.54, 1.807) is 7.11 Å². The largest absolute Gasteiger partial charge is 0.380 e. The van der Waals surface area contributed by atoms with Crippen LogP contribution in [-0.2, 0) is 14.8 Å². The summed E-state index contributed by atoms with van der Waals surface area (Å²) in [5.41, 5.74) is 5.36. The number of benzene rings is 1. The Balaban J connectivity index is 2.27. The monoisotopic (exact) mass is 312 g/mol. The van der Waals surface area contributed by atoms with Crippen molar-refractivity contribution < 1.29 is 17.5 Å². The maximum absolute atomic E-state index is 13.9. The quantitative estimate of drug-likeness (QED) is 0.827. The SMILES string of the molecule is COC1CCN(S(=O)(=O)c2ccc(C#CCN)c(F)c2)C1. The van der Waals surface area contributed by atoms with Gasteiger partial charge in [-0.1, -0.05) is 11.8 Å². The standard InChI is InChI=1S/C14H17FN2O3S/c1-20-12-6-8-17(10-12)21(18,19)13-5-4-11(3-2-7-16)14(15)9-13/h4-5,9,12H,6-8,10,16H2,1H3. The van der Waals surface area contributed by atoms with Crippen LogP contribution in [0.5, 0.6) is 0 Å². The number of hydrogen-bond acceptors (Lipinski definition) is 4. The molecular weight excluding hydrogens is 295 g/mol. The second-order valence-corrected chi connectivity index (χ2v) is 6.59. The van der Waals surface area contributed by atoms with Gasteiger partial charge < -0.3 is 10.5 Å². The first kappa shape index (κ1) is 15.9. The van der Waals surface area contributed by atoms with Crippen LogP contribution in [0.15, 0.2) is 23.1 Å². The number of sulfonamides is 1. The summed E-state index contributed by atoms with van der Waals surface area (Å²) in [7, 11) is -2.15. The fraction of sp³-hybridized carbons (Fsp3) is 0.429. The molecule has 1 heterocycles. The minimum absolute atomic E-state index is 0.0740. The molecule has 2 N–H and O–H groups in total. The van der Waals surface area contributed by atoms with Crippen LogP contribution in [-0.4, -0.2) is 45.6 Å². The van der Waals surface area contributed by atoms with Crippen LogP contribution in [0, 0.1) is 17.7 Å². The molecule has 1 aromatic carbocycles. The van der Waals surface area contributed by atoms with E-state index in [-0.39, 0.29) is 29.7 Å². The fourth-order valence-electron chi connectivity index (χ4n) is 2.16. The van der Waals surface area contributed by atoms with E-state index in [4.69, 9.17) is 10.5 Å². The molecule has 2 rings (SSSR count). The van der Waals surface area contributed by atoms with E-state index in [0.717, 1.165) is 6.07 Å². The van der Waals surface area contributed by atoms with Crippen LogP contribution in [0.3, 0.4) is 0 Å². The van der Waals surface area contributed by atoms with Crippen molar-refractivity contribution in [3.63, 3.8) is 0 Å². The molecule has 0 aliphatic carbocycles. The van der Waals surface area contributed by atoms with Gasteiger partial charge in [-0.2, -0.15) is 4.31 Å². The molecule has 114 valence electrons. The van der Waals surface area contributed by atoms with Crippen LogP contribution < -0.4 is 5.73 Å². The van der Waals surface area contributed by atoms with Gasteiger partial charge in [0.05, 0.1) is 23.1 Å². The fourth-order valence-corrected chi connectivity index (χ4v) is 3.66. The number of methoxy groups -OCH3 is 1. The summed E-state index contributed by atoms with van der Waals surface area (Å²) >= 11 is 0. The van der Waals surface area contributed by atoms with Gasteiger partial charge in [0.2, 0.25) is 10.0 Å². The van der Waals surface area contributed by atoms with E-state index < -0.39 is 15.8 Å². The van der Waals surface area contributed by atoms with Gasteiger partial charge in [0, 0.05) is 20.2 Å². The minimum Gasteiger partial charge on any atom is -0.380 e. The Kier molecular flexibility index (Phi) is 4.96. The first-order valence-electron chi connectivity index (χ1n) is 6.50. The number of nitrogens with two attached hydrogens (primary N) is 1. The third-order valence-corrected chi connectivity index (χ3v) is 5.21. The van der Waals surface area contributed by atoms with E-state index in [1.807, 2.05) is 0 Å². The molecule has 7 heteroatoms. The number of hydrogen-bond donors (Lipinski definition) is 1. The van der Waals surface area contributed by atoms with Gasteiger partial charge in [-0.3, -0.25) is 0 Å². The van der Waals surface area contributed by atoms with E-state index in [9.17, 15) is 12.8 Å². The number of halogens is 1. The molecule has 5 nitrogen and oxygen atoms in total. The third kappa shape index (κ3) is 3.41. The zero-order chi connectivity index (χ0) is 15.5. The van der Waals surface area contributed by atoms with Crippen LogP contribution >= 0.6 is 0 Å². The molecule has 0 aromatic heterocycles. The molecule has 1 aliphatic rings. The molecule has 1 atom stereocenters. The van der Waals surface area contributed by atoms with Crippen molar-refractivity contribution in [3.05, 3.63) is 29.6 Å².